The largest absolute Gasteiger partial charge is 0.375 e. The second kappa shape index (κ2) is 6.17. The molecule has 0 bridgehead atoms. The maximum absolute atomic E-state index is 4.35. The molecule has 1 N–H and O–H groups in total. The average molecular weight is 435 g/mol. The SMILES string of the molecule is CC(Nc1c(Br)cc(Br)cc1Br)c1ccccn1. The molecular formula is C13H11Br3N2. The highest BCUT2D eigenvalue weighted by molar-refractivity contribution is 9.11. The lowest BCUT2D eigenvalue weighted by atomic mass is 10.2. The molecule has 5 heteroatoms. The number of pyridine rings is 1. The molecule has 0 saturated heterocycles. The number of hydrogen-bond donors (Lipinski definition) is 1. The van der Waals surface area contributed by atoms with Gasteiger partial charge in [0.25, 0.3) is 0 Å². The Kier molecular flexibility index (Phi) is 4.81. The minimum Gasteiger partial charge on any atom is -0.375 e. The van der Waals surface area contributed by atoms with E-state index in [1.807, 2.05) is 30.3 Å². The number of rotatable bonds is 3. The van der Waals surface area contributed by atoms with Gasteiger partial charge in [0.2, 0.25) is 0 Å². The molecule has 0 aliphatic rings. The van der Waals surface area contributed by atoms with Crippen molar-refractivity contribution >= 4 is 53.5 Å². The van der Waals surface area contributed by atoms with Gasteiger partial charge in [0.1, 0.15) is 0 Å². The lowest BCUT2D eigenvalue weighted by molar-refractivity contribution is 0.837. The predicted molar refractivity (Wildman–Crippen MR) is 85.8 cm³/mol. The van der Waals surface area contributed by atoms with E-state index in [0.29, 0.717) is 0 Å². The standard InChI is InChI=1S/C13H11Br3N2/c1-8(12-4-2-3-5-17-12)18-13-10(15)6-9(14)7-11(13)16/h2-8,18H,1H3. The summed E-state index contributed by atoms with van der Waals surface area (Å²) in [4.78, 5) is 4.35. The fraction of sp³-hybridized carbons (Fsp3) is 0.154. The van der Waals surface area contributed by atoms with Gasteiger partial charge in [-0.05, 0) is 63.0 Å². The molecule has 0 amide bonds. The zero-order chi connectivity index (χ0) is 13.1. The van der Waals surface area contributed by atoms with Gasteiger partial charge in [0.05, 0.1) is 17.4 Å². The van der Waals surface area contributed by atoms with Crippen molar-refractivity contribution in [2.24, 2.45) is 0 Å². The van der Waals surface area contributed by atoms with E-state index in [4.69, 9.17) is 0 Å². The van der Waals surface area contributed by atoms with E-state index in [-0.39, 0.29) is 6.04 Å². The fourth-order valence-corrected chi connectivity index (χ4v) is 4.09. The molecule has 2 aromatic rings. The Hall–Kier alpha value is -0.390. The van der Waals surface area contributed by atoms with Crippen LogP contribution in [-0.2, 0) is 0 Å². The first-order valence-electron chi connectivity index (χ1n) is 5.40. The smallest absolute Gasteiger partial charge is 0.0657 e. The molecule has 1 aromatic heterocycles. The van der Waals surface area contributed by atoms with Gasteiger partial charge in [-0.25, -0.2) is 0 Å². The van der Waals surface area contributed by atoms with Gasteiger partial charge in [0.15, 0.2) is 0 Å². The van der Waals surface area contributed by atoms with Crippen LogP contribution in [0.3, 0.4) is 0 Å². The number of anilines is 1. The van der Waals surface area contributed by atoms with Crippen molar-refractivity contribution in [3.63, 3.8) is 0 Å². The topological polar surface area (TPSA) is 24.9 Å². The highest BCUT2D eigenvalue weighted by Crippen LogP contribution is 2.36. The molecule has 94 valence electrons. The highest BCUT2D eigenvalue weighted by Gasteiger charge is 2.11. The Bertz CT molecular complexity index is 520. The van der Waals surface area contributed by atoms with Gasteiger partial charge in [-0.2, -0.15) is 0 Å². The third-order valence-corrected chi connectivity index (χ3v) is 4.21. The molecule has 0 aliphatic carbocycles. The zero-order valence-corrected chi connectivity index (χ0v) is 14.4. The summed E-state index contributed by atoms with van der Waals surface area (Å²) in [5.74, 6) is 0. The van der Waals surface area contributed by atoms with Crippen molar-refractivity contribution in [2.75, 3.05) is 5.32 Å². The average Bonchev–Trinajstić information content (AvgIpc) is 2.34. The van der Waals surface area contributed by atoms with Crippen molar-refractivity contribution in [3.8, 4) is 0 Å². The number of aromatic nitrogens is 1. The maximum Gasteiger partial charge on any atom is 0.0657 e. The molecular weight excluding hydrogens is 424 g/mol. The van der Waals surface area contributed by atoms with Gasteiger partial charge in [-0.3, -0.25) is 4.98 Å². The molecule has 0 saturated carbocycles. The van der Waals surface area contributed by atoms with Gasteiger partial charge in [-0.15, -0.1) is 0 Å². The minimum absolute atomic E-state index is 0.139. The second-order valence-corrected chi connectivity index (χ2v) is 6.49. The predicted octanol–water partition coefficient (Wildman–Crippen LogP) is 5.54. The van der Waals surface area contributed by atoms with Gasteiger partial charge < -0.3 is 5.32 Å². The Morgan fingerprint density at radius 3 is 2.33 bits per heavy atom. The molecule has 0 spiro atoms. The van der Waals surface area contributed by atoms with Crippen LogP contribution in [0.2, 0.25) is 0 Å². The van der Waals surface area contributed by atoms with Crippen LogP contribution in [0.25, 0.3) is 0 Å². The third kappa shape index (κ3) is 3.33. The van der Waals surface area contributed by atoms with Crippen LogP contribution in [0, 0.1) is 0 Å². The molecule has 1 atom stereocenters. The summed E-state index contributed by atoms with van der Waals surface area (Å²) < 4.78 is 3.04. The first kappa shape index (κ1) is 14.0. The molecule has 0 radical (unpaired) electrons. The quantitative estimate of drug-likeness (QED) is 0.685. The van der Waals surface area contributed by atoms with E-state index < -0.39 is 0 Å². The molecule has 0 aliphatic heterocycles. The van der Waals surface area contributed by atoms with E-state index in [1.165, 1.54) is 0 Å². The first-order valence-corrected chi connectivity index (χ1v) is 7.78. The minimum atomic E-state index is 0.139. The third-order valence-electron chi connectivity index (χ3n) is 2.50. The summed E-state index contributed by atoms with van der Waals surface area (Å²) in [6.07, 6.45) is 1.80. The number of benzene rings is 1. The molecule has 1 heterocycles. The molecule has 1 unspecified atom stereocenters. The first-order chi connectivity index (χ1) is 8.58. The highest BCUT2D eigenvalue weighted by atomic mass is 79.9. The van der Waals surface area contributed by atoms with Crippen LogP contribution >= 0.6 is 47.8 Å². The number of hydrogen-bond acceptors (Lipinski definition) is 2. The van der Waals surface area contributed by atoms with Crippen molar-refractivity contribution < 1.29 is 0 Å². The van der Waals surface area contributed by atoms with E-state index in [0.717, 1.165) is 24.8 Å². The normalized spacial score (nSPS) is 12.2. The number of nitrogens with zero attached hydrogens (tertiary/aromatic N) is 1. The number of nitrogens with one attached hydrogen (secondary N) is 1. The van der Waals surface area contributed by atoms with Crippen molar-refractivity contribution in [1.29, 1.82) is 0 Å². The summed E-state index contributed by atoms with van der Waals surface area (Å²) in [5, 5.41) is 3.44. The van der Waals surface area contributed by atoms with E-state index in [2.05, 4.69) is 65.0 Å². The second-order valence-electron chi connectivity index (χ2n) is 3.87. The Balaban J connectivity index is 2.25. The van der Waals surface area contributed by atoms with Crippen molar-refractivity contribution in [2.45, 2.75) is 13.0 Å². The Morgan fingerprint density at radius 2 is 1.78 bits per heavy atom. The molecule has 1 aromatic carbocycles. The summed E-state index contributed by atoms with van der Waals surface area (Å²) in [6, 6.07) is 10.1. The van der Waals surface area contributed by atoms with Crippen LogP contribution in [0.4, 0.5) is 5.69 Å². The van der Waals surface area contributed by atoms with Gasteiger partial charge >= 0.3 is 0 Å². The van der Waals surface area contributed by atoms with Crippen molar-refractivity contribution in [1.82, 2.24) is 4.98 Å². The summed E-state index contributed by atoms with van der Waals surface area (Å²) in [6.45, 7) is 2.09. The summed E-state index contributed by atoms with van der Waals surface area (Å²) in [5.41, 5.74) is 2.04. The monoisotopic (exact) mass is 432 g/mol. The van der Waals surface area contributed by atoms with Crippen LogP contribution < -0.4 is 5.32 Å². The zero-order valence-electron chi connectivity index (χ0n) is 9.62. The van der Waals surface area contributed by atoms with Crippen LogP contribution in [0.15, 0.2) is 49.9 Å². The van der Waals surface area contributed by atoms with Crippen LogP contribution in [-0.4, -0.2) is 4.98 Å². The fourth-order valence-electron chi connectivity index (χ4n) is 1.60. The molecule has 0 fully saturated rings. The van der Waals surface area contributed by atoms with Crippen molar-refractivity contribution in [3.05, 3.63) is 55.6 Å². The lowest BCUT2D eigenvalue weighted by Crippen LogP contribution is -2.09. The van der Waals surface area contributed by atoms with Crippen LogP contribution in [0.1, 0.15) is 18.7 Å². The summed E-state index contributed by atoms with van der Waals surface area (Å²) in [7, 11) is 0. The molecule has 18 heavy (non-hydrogen) atoms. The van der Waals surface area contributed by atoms with Gasteiger partial charge in [0, 0.05) is 19.6 Å². The summed E-state index contributed by atoms with van der Waals surface area (Å²) >= 11 is 10.6. The number of halogens is 3. The Labute approximate surface area is 132 Å². The van der Waals surface area contributed by atoms with Crippen LogP contribution in [0.5, 0.6) is 0 Å². The lowest BCUT2D eigenvalue weighted by Gasteiger charge is -2.17. The molecule has 2 rings (SSSR count). The van der Waals surface area contributed by atoms with E-state index in [9.17, 15) is 0 Å². The van der Waals surface area contributed by atoms with Gasteiger partial charge in [-0.1, -0.05) is 22.0 Å². The Morgan fingerprint density at radius 1 is 1.11 bits per heavy atom. The van der Waals surface area contributed by atoms with E-state index >= 15 is 0 Å². The van der Waals surface area contributed by atoms with E-state index in [1.54, 1.807) is 6.20 Å². The molecule has 2 nitrogen and oxygen atoms in total. The maximum atomic E-state index is 4.35.